The first kappa shape index (κ1) is 11.5. The van der Waals surface area contributed by atoms with Gasteiger partial charge in [0.1, 0.15) is 0 Å². The van der Waals surface area contributed by atoms with Crippen molar-refractivity contribution in [3.8, 4) is 0 Å². The third-order valence-electron chi connectivity index (χ3n) is 2.22. The number of ether oxygens (including phenoxy) is 1. The molecule has 0 aliphatic rings. The lowest BCUT2D eigenvalue weighted by atomic mass is 10.1. The molecule has 0 aliphatic carbocycles. The van der Waals surface area contributed by atoms with Gasteiger partial charge in [0.05, 0.1) is 7.11 Å². The lowest BCUT2D eigenvalue weighted by molar-refractivity contribution is -0.134. The fraction of sp³-hybridized carbons (Fsp3) is 0.308. The van der Waals surface area contributed by atoms with E-state index in [1.807, 2.05) is 25.1 Å². The molecule has 0 atom stereocenters. The summed E-state index contributed by atoms with van der Waals surface area (Å²) in [5, 5.41) is 0. The molecule has 0 N–H and O–H groups in total. The second-order valence-corrected chi connectivity index (χ2v) is 3.50. The van der Waals surface area contributed by atoms with Crippen LogP contribution in [0.2, 0.25) is 0 Å². The van der Waals surface area contributed by atoms with E-state index in [2.05, 4.69) is 16.9 Å². The maximum Gasteiger partial charge on any atom is 0.330 e. The highest BCUT2D eigenvalue weighted by atomic mass is 16.5. The largest absolute Gasteiger partial charge is 0.466 e. The third kappa shape index (κ3) is 4.45. The molecule has 80 valence electrons. The van der Waals surface area contributed by atoms with Crippen molar-refractivity contribution in [3.05, 3.63) is 47.5 Å². The Bertz CT molecular complexity index is 339. The van der Waals surface area contributed by atoms with Crippen molar-refractivity contribution in [2.75, 3.05) is 7.11 Å². The van der Waals surface area contributed by atoms with Crippen LogP contribution in [-0.2, 0) is 16.0 Å². The molecule has 0 amide bonds. The molecule has 0 unspecified atom stereocenters. The van der Waals surface area contributed by atoms with Crippen molar-refractivity contribution in [3.63, 3.8) is 0 Å². The molecule has 0 saturated carbocycles. The van der Waals surface area contributed by atoms with Gasteiger partial charge in [-0.05, 0) is 25.3 Å². The molecule has 2 nitrogen and oxygen atoms in total. The molecule has 0 fully saturated rings. The zero-order chi connectivity index (χ0) is 11.1. The van der Waals surface area contributed by atoms with E-state index in [-0.39, 0.29) is 5.97 Å². The first-order valence-electron chi connectivity index (χ1n) is 5.01. The molecule has 1 aromatic carbocycles. The second kappa shape index (κ2) is 6.02. The van der Waals surface area contributed by atoms with Crippen LogP contribution in [-0.4, -0.2) is 13.1 Å². The molecule has 1 rings (SSSR count). The number of esters is 1. The van der Waals surface area contributed by atoms with E-state index in [1.54, 1.807) is 6.08 Å². The Balaban J connectivity index is 2.44. The van der Waals surface area contributed by atoms with Crippen LogP contribution in [0.15, 0.2) is 42.0 Å². The number of allylic oxidation sites excluding steroid dienone is 1. The molecule has 1 aromatic rings. The highest BCUT2D eigenvalue weighted by Gasteiger charge is 1.97. The van der Waals surface area contributed by atoms with E-state index in [1.165, 1.54) is 12.7 Å². The summed E-state index contributed by atoms with van der Waals surface area (Å²) in [6.07, 6.45) is 3.39. The Morgan fingerprint density at radius 1 is 1.33 bits per heavy atom. The van der Waals surface area contributed by atoms with Gasteiger partial charge in [-0.1, -0.05) is 35.9 Å². The Labute approximate surface area is 90.6 Å². The Morgan fingerprint density at radius 2 is 2.00 bits per heavy atom. The SMILES string of the molecule is COC(=O)C=C(C)CCc1ccccc1. The zero-order valence-corrected chi connectivity index (χ0v) is 9.19. The predicted molar refractivity (Wildman–Crippen MR) is 60.5 cm³/mol. The Kier molecular flexibility index (Phi) is 4.61. The van der Waals surface area contributed by atoms with E-state index in [0.29, 0.717) is 0 Å². The van der Waals surface area contributed by atoms with Gasteiger partial charge in [-0.15, -0.1) is 0 Å². The van der Waals surface area contributed by atoms with Gasteiger partial charge in [0.25, 0.3) is 0 Å². The molecule has 0 bridgehead atoms. The van der Waals surface area contributed by atoms with E-state index >= 15 is 0 Å². The van der Waals surface area contributed by atoms with Crippen LogP contribution < -0.4 is 0 Å². The topological polar surface area (TPSA) is 26.3 Å². The molecule has 0 radical (unpaired) electrons. The normalized spacial score (nSPS) is 11.2. The van der Waals surface area contributed by atoms with Crippen LogP contribution >= 0.6 is 0 Å². The Hall–Kier alpha value is -1.57. The summed E-state index contributed by atoms with van der Waals surface area (Å²) in [5.41, 5.74) is 2.33. The van der Waals surface area contributed by atoms with Gasteiger partial charge >= 0.3 is 5.97 Å². The number of carbonyl (C=O) groups excluding carboxylic acids is 1. The molecular weight excluding hydrogens is 188 g/mol. The van der Waals surface area contributed by atoms with Crippen molar-refractivity contribution >= 4 is 5.97 Å². The van der Waals surface area contributed by atoms with Crippen molar-refractivity contribution in [1.82, 2.24) is 0 Å². The van der Waals surface area contributed by atoms with Gasteiger partial charge in [0.2, 0.25) is 0 Å². The minimum absolute atomic E-state index is 0.277. The number of rotatable bonds is 4. The average Bonchev–Trinajstić information content (AvgIpc) is 2.27. The van der Waals surface area contributed by atoms with Gasteiger partial charge in [0.15, 0.2) is 0 Å². The predicted octanol–water partition coefficient (Wildman–Crippen LogP) is 2.74. The van der Waals surface area contributed by atoms with E-state index in [0.717, 1.165) is 18.4 Å². The fourth-order valence-corrected chi connectivity index (χ4v) is 1.32. The summed E-state index contributed by atoms with van der Waals surface area (Å²) in [6, 6.07) is 10.2. The number of carbonyl (C=O) groups is 1. The molecule has 0 aliphatic heterocycles. The maximum absolute atomic E-state index is 10.9. The first-order chi connectivity index (χ1) is 7.22. The van der Waals surface area contributed by atoms with Gasteiger partial charge in [-0.25, -0.2) is 4.79 Å². The highest BCUT2D eigenvalue weighted by Crippen LogP contribution is 2.08. The minimum Gasteiger partial charge on any atom is -0.466 e. The van der Waals surface area contributed by atoms with Crippen LogP contribution in [0.1, 0.15) is 18.9 Å². The van der Waals surface area contributed by atoms with E-state index in [4.69, 9.17) is 0 Å². The molecule has 0 heterocycles. The first-order valence-corrected chi connectivity index (χ1v) is 5.01. The van der Waals surface area contributed by atoms with Crippen LogP contribution in [0.4, 0.5) is 0 Å². The minimum atomic E-state index is -0.277. The lowest BCUT2D eigenvalue weighted by Crippen LogP contribution is -1.96. The van der Waals surface area contributed by atoms with Crippen LogP contribution in [0.5, 0.6) is 0 Å². The van der Waals surface area contributed by atoms with Gasteiger partial charge in [0, 0.05) is 6.08 Å². The van der Waals surface area contributed by atoms with Gasteiger partial charge in [-0.3, -0.25) is 0 Å². The quantitative estimate of drug-likeness (QED) is 0.557. The molecule has 0 spiro atoms. The summed E-state index contributed by atoms with van der Waals surface area (Å²) in [7, 11) is 1.39. The standard InChI is InChI=1S/C13H16O2/c1-11(10-13(14)15-2)8-9-12-6-4-3-5-7-12/h3-7,10H,8-9H2,1-2H3. The maximum atomic E-state index is 10.9. The molecule has 0 aromatic heterocycles. The molecule has 2 heteroatoms. The summed E-state index contributed by atoms with van der Waals surface area (Å²) in [6.45, 7) is 1.94. The Morgan fingerprint density at radius 3 is 2.60 bits per heavy atom. The lowest BCUT2D eigenvalue weighted by Gasteiger charge is -2.01. The number of hydrogen-bond acceptors (Lipinski definition) is 2. The summed E-state index contributed by atoms with van der Waals surface area (Å²) >= 11 is 0. The smallest absolute Gasteiger partial charge is 0.330 e. The number of benzene rings is 1. The van der Waals surface area contributed by atoms with Crippen LogP contribution in [0, 0.1) is 0 Å². The van der Waals surface area contributed by atoms with Crippen molar-refractivity contribution in [2.24, 2.45) is 0 Å². The fourth-order valence-electron chi connectivity index (χ4n) is 1.32. The number of aryl methyl sites for hydroxylation is 1. The van der Waals surface area contributed by atoms with Crippen LogP contribution in [0.25, 0.3) is 0 Å². The summed E-state index contributed by atoms with van der Waals surface area (Å²) in [5.74, 6) is -0.277. The summed E-state index contributed by atoms with van der Waals surface area (Å²) < 4.78 is 4.56. The van der Waals surface area contributed by atoms with Crippen molar-refractivity contribution < 1.29 is 9.53 Å². The van der Waals surface area contributed by atoms with Crippen LogP contribution in [0.3, 0.4) is 0 Å². The number of hydrogen-bond donors (Lipinski definition) is 0. The summed E-state index contributed by atoms with van der Waals surface area (Å²) in [4.78, 5) is 10.9. The van der Waals surface area contributed by atoms with E-state index in [9.17, 15) is 4.79 Å². The van der Waals surface area contributed by atoms with Crippen molar-refractivity contribution in [2.45, 2.75) is 19.8 Å². The van der Waals surface area contributed by atoms with Gasteiger partial charge in [-0.2, -0.15) is 0 Å². The third-order valence-corrected chi connectivity index (χ3v) is 2.22. The van der Waals surface area contributed by atoms with Gasteiger partial charge < -0.3 is 4.74 Å². The monoisotopic (exact) mass is 204 g/mol. The molecule has 0 saturated heterocycles. The molecule has 15 heavy (non-hydrogen) atoms. The molecular formula is C13H16O2. The van der Waals surface area contributed by atoms with Crippen molar-refractivity contribution in [1.29, 1.82) is 0 Å². The second-order valence-electron chi connectivity index (χ2n) is 3.50. The number of methoxy groups -OCH3 is 1. The van der Waals surface area contributed by atoms with E-state index < -0.39 is 0 Å². The zero-order valence-electron chi connectivity index (χ0n) is 9.19. The highest BCUT2D eigenvalue weighted by molar-refractivity contribution is 5.82. The average molecular weight is 204 g/mol.